The third-order valence-corrected chi connectivity index (χ3v) is 5.48. The van der Waals surface area contributed by atoms with Crippen LogP contribution in [0.25, 0.3) is 0 Å². The summed E-state index contributed by atoms with van der Waals surface area (Å²) in [4.78, 5) is 19.2. The number of alkyl halides is 3. The van der Waals surface area contributed by atoms with E-state index >= 15 is 0 Å². The van der Waals surface area contributed by atoms with Crippen LogP contribution in [0, 0.1) is 0 Å². The average Bonchev–Trinajstić information content (AvgIpc) is 3.41. The lowest BCUT2D eigenvalue weighted by Crippen LogP contribution is -2.42. The van der Waals surface area contributed by atoms with Crippen molar-refractivity contribution in [1.82, 2.24) is 4.98 Å². The largest absolute Gasteiger partial charge is 0.490 e. The van der Waals surface area contributed by atoms with Crippen molar-refractivity contribution in [3.63, 3.8) is 0 Å². The van der Waals surface area contributed by atoms with Crippen LogP contribution in [-0.4, -0.2) is 24.6 Å². The third kappa shape index (κ3) is 2.51. The number of hydrogen-bond donors (Lipinski definition) is 0. The number of amides is 1. The number of aromatic nitrogens is 1. The van der Waals surface area contributed by atoms with Crippen molar-refractivity contribution in [2.24, 2.45) is 0 Å². The summed E-state index contributed by atoms with van der Waals surface area (Å²) in [5.41, 5.74) is 0.802. The number of furan rings is 1. The molecule has 0 N–H and O–H groups in total. The number of ether oxygens (including phenoxy) is 2. The second kappa shape index (κ2) is 6.25. The number of nitrogens with zero attached hydrogens (tertiary/aromatic N) is 2. The van der Waals surface area contributed by atoms with Gasteiger partial charge in [-0.25, -0.2) is 4.98 Å². The van der Waals surface area contributed by atoms with Gasteiger partial charge in [-0.05, 0) is 23.8 Å². The number of fused-ring (bicyclic) bond motifs is 4. The highest BCUT2D eigenvalue weighted by atomic mass is 19.4. The Morgan fingerprint density at radius 2 is 2.00 bits per heavy atom. The molecule has 1 atom stereocenters. The molecule has 30 heavy (non-hydrogen) atoms. The van der Waals surface area contributed by atoms with E-state index in [4.69, 9.17) is 13.9 Å². The summed E-state index contributed by atoms with van der Waals surface area (Å²) in [5.74, 6) is -0.562. The minimum atomic E-state index is -4.59. The standard InChI is InChI=1S/C21H15F3N2O4/c1-28-18-8-14-16(9-25-18)29-11-20(14)13-4-2-3-5-15(13)26(19(20)27)10-12-6-7-17(30-12)21(22,23)24/h2-9H,10-11H2,1H3. The Morgan fingerprint density at radius 1 is 1.20 bits per heavy atom. The highest BCUT2D eigenvalue weighted by Gasteiger charge is 2.57. The molecule has 0 saturated heterocycles. The van der Waals surface area contributed by atoms with Crippen molar-refractivity contribution in [3.05, 3.63) is 71.3 Å². The van der Waals surface area contributed by atoms with E-state index < -0.39 is 17.4 Å². The molecular formula is C21H15F3N2O4. The number of rotatable bonds is 3. The number of methoxy groups -OCH3 is 1. The molecule has 2 aliphatic heterocycles. The van der Waals surface area contributed by atoms with Crippen LogP contribution < -0.4 is 14.4 Å². The highest BCUT2D eigenvalue weighted by Crippen LogP contribution is 2.53. The van der Waals surface area contributed by atoms with Crippen LogP contribution in [0.5, 0.6) is 11.6 Å². The SMILES string of the molecule is COc1cc2c(cn1)OCC21C(=O)N(Cc2ccc(C(F)(F)F)o2)c2ccccc21. The molecule has 1 spiro atoms. The molecule has 154 valence electrons. The first-order valence-corrected chi connectivity index (χ1v) is 9.09. The first-order valence-electron chi connectivity index (χ1n) is 9.09. The van der Waals surface area contributed by atoms with Crippen molar-refractivity contribution in [1.29, 1.82) is 0 Å². The molecule has 0 aliphatic carbocycles. The molecule has 1 unspecified atom stereocenters. The van der Waals surface area contributed by atoms with E-state index in [0.717, 1.165) is 6.07 Å². The van der Waals surface area contributed by atoms with Gasteiger partial charge in [-0.1, -0.05) is 18.2 Å². The van der Waals surface area contributed by atoms with Gasteiger partial charge < -0.3 is 18.8 Å². The lowest BCUT2D eigenvalue weighted by Gasteiger charge is -2.22. The fourth-order valence-electron chi connectivity index (χ4n) is 4.10. The summed E-state index contributed by atoms with van der Waals surface area (Å²) in [6.07, 6.45) is -3.09. The zero-order valence-corrected chi connectivity index (χ0v) is 15.7. The smallest absolute Gasteiger partial charge is 0.449 e. The van der Waals surface area contributed by atoms with Gasteiger partial charge in [0, 0.05) is 17.3 Å². The second-order valence-electron chi connectivity index (χ2n) is 7.09. The second-order valence-corrected chi connectivity index (χ2v) is 7.09. The van der Waals surface area contributed by atoms with Crippen molar-refractivity contribution < 1.29 is 31.9 Å². The van der Waals surface area contributed by atoms with Gasteiger partial charge >= 0.3 is 6.18 Å². The van der Waals surface area contributed by atoms with Crippen LogP contribution in [0.1, 0.15) is 22.6 Å². The lowest BCUT2D eigenvalue weighted by molar-refractivity contribution is -0.153. The first-order chi connectivity index (χ1) is 14.3. The Bertz CT molecular complexity index is 1160. The van der Waals surface area contributed by atoms with Crippen LogP contribution in [-0.2, 0) is 22.9 Å². The minimum Gasteiger partial charge on any atom is -0.490 e. The number of benzene rings is 1. The summed E-state index contributed by atoms with van der Waals surface area (Å²) < 4.78 is 54.6. The van der Waals surface area contributed by atoms with Gasteiger partial charge in [0.25, 0.3) is 0 Å². The third-order valence-electron chi connectivity index (χ3n) is 5.48. The molecule has 0 radical (unpaired) electrons. The van der Waals surface area contributed by atoms with Crippen LogP contribution >= 0.6 is 0 Å². The Hall–Kier alpha value is -3.49. The fourth-order valence-corrected chi connectivity index (χ4v) is 4.10. The summed E-state index contributed by atoms with van der Waals surface area (Å²) in [6.45, 7) is -0.0687. The van der Waals surface area contributed by atoms with E-state index in [1.54, 1.807) is 18.2 Å². The first kappa shape index (κ1) is 18.5. The lowest BCUT2D eigenvalue weighted by atomic mass is 9.77. The zero-order valence-electron chi connectivity index (χ0n) is 15.7. The molecule has 0 saturated carbocycles. The van der Waals surface area contributed by atoms with Gasteiger partial charge in [-0.3, -0.25) is 4.79 Å². The quantitative estimate of drug-likeness (QED) is 0.648. The van der Waals surface area contributed by atoms with Gasteiger partial charge in [0.05, 0.1) is 19.9 Å². The molecule has 1 amide bonds. The Morgan fingerprint density at radius 3 is 2.73 bits per heavy atom. The molecule has 0 bridgehead atoms. The average molecular weight is 416 g/mol. The number of halogens is 3. The fraction of sp³-hybridized carbons (Fsp3) is 0.238. The molecule has 5 rings (SSSR count). The molecule has 0 fully saturated rings. The Balaban J connectivity index is 1.59. The number of hydrogen-bond acceptors (Lipinski definition) is 5. The monoisotopic (exact) mass is 416 g/mol. The maximum absolute atomic E-state index is 13.7. The molecule has 2 aliphatic rings. The predicted molar refractivity (Wildman–Crippen MR) is 98.4 cm³/mol. The maximum atomic E-state index is 13.7. The summed E-state index contributed by atoms with van der Waals surface area (Å²) in [7, 11) is 1.48. The molecular weight excluding hydrogens is 401 g/mol. The van der Waals surface area contributed by atoms with Crippen molar-refractivity contribution in [2.45, 2.75) is 18.1 Å². The van der Waals surface area contributed by atoms with E-state index in [2.05, 4.69) is 4.98 Å². The maximum Gasteiger partial charge on any atom is 0.449 e. The zero-order chi connectivity index (χ0) is 21.1. The van der Waals surface area contributed by atoms with Crippen molar-refractivity contribution in [3.8, 4) is 11.6 Å². The van der Waals surface area contributed by atoms with E-state index in [1.165, 1.54) is 24.3 Å². The van der Waals surface area contributed by atoms with Crippen LogP contribution in [0.2, 0.25) is 0 Å². The van der Waals surface area contributed by atoms with Gasteiger partial charge in [-0.15, -0.1) is 0 Å². The van der Waals surface area contributed by atoms with E-state index in [9.17, 15) is 18.0 Å². The van der Waals surface area contributed by atoms with Crippen LogP contribution in [0.15, 0.2) is 53.1 Å². The normalized spacial score (nSPS) is 19.7. The predicted octanol–water partition coefficient (Wildman–Crippen LogP) is 3.93. The summed E-state index contributed by atoms with van der Waals surface area (Å²) in [6, 6.07) is 10.9. The number of pyridine rings is 1. The topological polar surface area (TPSA) is 64.8 Å². The molecule has 4 heterocycles. The number of para-hydroxylation sites is 1. The highest BCUT2D eigenvalue weighted by molar-refractivity contribution is 6.11. The van der Waals surface area contributed by atoms with Crippen LogP contribution in [0.4, 0.5) is 18.9 Å². The van der Waals surface area contributed by atoms with E-state index in [-0.39, 0.29) is 24.8 Å². The van der Waals surface area contributed by atoms with Gasteiger partial charge in [-0.2, -0.15) is 13.2 Å². The Kier molecular flexibility index (Phi) is 3.86. The number of carbonyl (C=O) groups excluding carboxylic acids is 1. The molecule has 6 nitrogen and oxygen atoms in total. The number of anilines is 1. The van der Waals surface area contributed by atoms with Crippen molar-refractivity contribution in [2.75, 3.05) is 18.6 Å². The van der Waals surface area contributed by atoms with E-state index in [1.807, 2.05) is 12.1 Å². The summed E-state index contributed by atoms with van der Waals surface area (Å²) >= 11 is 0. The molecule has 9 heteroatoms. The van der Waals surface area contributed by atoms with Crippen LogP contribution in [0.3, 0.4) is 0 Å². The minimum absolute atomic E-state index is 0.0361. The molecule has 2 aromatic heterocycles. The van der Waals surface area contributed by atoms with Gasteiger partial charge in [0.2, 0.25) is 17.5 Å². The number of carbonyl (C=O) groups is 1. The van der Waals surface area contributed by atoms with E-state index in [0.29, 0.717) is 28.4 Å². The van der Waals surface area contributed by atoms with Gasteiger partial charge in [0.1, 0.15) is 23.5 Å². The summed E-state index contributed by atoms with van der Waals surface area (Å²) in [5, 5.41) is 0. The molecule has 1 aromatic carbocycles. The van der Waals surface area contributed by atoms with Gasteiger partial charge in [0.15, 0.2) is 0 Å². The van der Waals surface area contributed by atoms with Crippen molar-refractivity contribution >= 4 is 11.6 Å². The molecule has 3 aromatic rings. The Labute approximate surface area is 168 Å².